The third kappa shape index (κ3) is 4.08. The number of methoxy groups -OCH3 is 1. The monoisotopic (exact) mass is 254 g/mol. The predicted octanol–water partition coefficient (Wildman–Crippen LogP) is 0.457. The van der Waals surface area contributed by atoms with Crippen LogP contribution < -0.4 is 15.4 Å². The first kappa shape index (κ1) is 14.0. The molecule has 0 saturated heterocycles. The molecule has 18 heavy (non-hydrogen) atoms. The van der Waals surface area contributed by atoms with Gasteiger partial charge in [-0.1, -0.05) is 0 Å². The summed E-state index contributed by atoms with van der Waals surface area (Å²) in [6.45, 7) is 2.65. The van der Waals surface area contributed by atoms with E-state index < -0.39 is 0 Å². The Morgan fingerprint density at radius 2 is 2.22 bits per heavy atom. The zero-order valence-corrected chi connectivity index (χ0v) is 10.8. The quantitative estimate of drug-likeness (QED) is 0.737. The van der Waals surface area contributed by atoms with Gasteiger partial charge < -0.3 is 20.1 Å². The van der Waals surface area contributed by atoms with Gasteiger partial charge >= 0.3 is 5.97 Å². The molecule has 1 aromatic rings. The third-order valence-electron chi connectivity index (χ3n) is 2.26. The van der Waals surface area contributed by atoms with E-state index >= 15 is 0 Å². The average molecular weight is 254 g/mol. The summed E-state index contributed by atoms with van der Waals surface area (Å²) >= 11 is 0. The first-order valence-electron chi connectivity index (χ1n) is 5.62. The van der Waals surface area contributed by atoms with E-state index in [1.807, 2.05) is 0 Å². The van der Waals surface area contributed by atoms with Gasteiger partial charge in [0.1, 0.15) is 5.82 Å². The molecule has 1 rings (SSSR count). The molecule has 0 atom stereocenters. The normalized spacial score (nSPS) is 9.94. The van der Waals surface area contributed by atoms with Crippen molar-refractivity contribution in [1.82, 2.24) is 9.97 Å². The number of nitrogens with two attached hydrogens (primary N) is 1. The maximum atomic E-state index is 11.2. The molecule has 0 saturated carbocycles. The van der Waals surface area contributed by atoms with Crippen molar-refractivity contribution in [2.24, 2.45) is 0 Å². The number of carbonyl (C=O) groups excluding carboxylic acids is 1. The van der Waals surface area contributed by atoms with Crippen molar-refractivity contribution in [3.05, 3.63) is 6.07 Å². The molecule has 0 aliphatic heterocycles. The molecule has 0 bridgehead atoms. The van der Waals surface area contributed by atoms with Crippen LogP contribution in [0.15, 0.2) is 6.07 Å². The zero-order chi connectivity index (χ0) is 13.5. The standard InChI is InChI=1S/C11H18N4O3/c1-4-18-10(16)5-6-15(2)8-7-9(17-3)14-11(12)13-8/h7H,4-6H2,1-3H3,(H2,12,13,14). The van der Waals surface area contributed by atoms with Crippen molar-refractivity contribution < 1.29 is 14.3 Å². The SMILES string of the molecule is CCOC(=O)CCN(C)c1cc(OC)nc(N)n1. The molecule has 7 nitrogen and oxygen atoms in total. The molecular formula is C11H18N4O3. The highest BCUT2D eigenvalue weighted by atomic mass is 16.5. The van der Waals surface area contributed by atoms with Crippen molar-refractivity contribution >= 4 is 17.7 Å². The van der Waals surface area contributed by atoms with Gasteiger partial charge in [0.2, 0.25) is 11.8 Å². The van der Waals surface area contributed by atoms with Crippen LogP contribution in [0.1, 0.15) is 13.3 Å². The maximum Gasteiger partial charge on any atom is 0.307 e. The summed E-state index contributed by atoms with van der Waals surface area (Å²) in [4.78, 5) is 21.0. The molecular weight excluding hydrogens is 236 g/mol. The summed E-state index contributed by atoms with van der Waals surface area (Å²) in [5, 5.41) is 0. The van der Waals surface area contributed by atoms with Gasteiger partial charge in [0.15, 0.2) is 0 Å². The summed E-state index contributed by atoms with van der Waals surface area (Å²) in [6, 6.07) is 1.65. The van der Waals surface area contributed by atoms with Gasteiger partial charge in [0.25, 0.3) is 0 Å². The lowest BCUT2D eigenvalue weighted by molar-refractivity contribution is -0.142. The molecule has 0 spiro atoms. The Bertz CT molecular complexity index is 411. The van der Waals surface area contributed by atoms with Crippen molar-refractivity contribution in [1.29, 1.82) is 0 Å². The minimum atomic E-state index is -0.238. The molecule has 0 aromatic carbocycles. The Hall–Kier alpha value is -2.05. The van der Waals surface area contributed by atoms with Crippen LogP contribution in [0.2, 0.25) is 0 Å². The van der Waals surface area contributed by atoms with Crippen molar-refractivity contribution in [3.8, 4) is 5.88 Å². The fourth-order valence-corrected chi connectivity index (χ4v) is 1.34. The molecule has 0 aliphatic rings. The third-order valence-corrected chi connectivity index (χ3v) is 2.26. The maximum absolute atomic E-state index is 11.2. The largest absolute Gasteiger partial charge is 0.481 e. The van der Waals surface area contributed by atoms with E-state index in [0.717, 1.165) is 0 Å². The predicted molar refractivity (Wildman–Crippen MR) is 67.5 cm³/mol. The molecule has 0 aliphatic carbocycles. The van der Waals surface area contributed by atoms with Crippen molar-refractivity contribution in [2.45, 2.75) is 13.3 Å². The summed E-state index contributed by atoms with van der Waals surface area (Å²) < 4.78 is 9.85. The Morgan fingerprint density at radius 1 is 1.50 bits per heavy atom. The fourth-order valence-electron chi connectivity index (χ4n) is 1.34. The fraction of sp³-hybridized carbons (Fsp3) is 0.545. The van der Waals surface area contributed by atoms with E-state index in [-0.39, 0.29) is 18.3 Å². The van der Waals surface area contributed by atoms with Crippen molar-refractivity contribution in [3.63, 3.8) is 0 Å². The highest BCUT2D eigenvalue weighted by molar-refractivity contribution is 5.70. The van der Waals surface area contributed by atoms with Crippen molar-refractivity contribution in [2.75, 3.05) is 37.9 Å². The van der Waals surface area contributed by atoms with E-state index in [2.05, 4.69) is 9.97 Å². The van der Waals surface area contributed by atoms with Crippen LogP contribution >= 0.6 is 0 Å². The molecule has 2 N–H and O–H groups in total. The van der Waals surface area contributed by atoms with E-state index in [4.69, 9.17) is 15.2 Å². The topological polar surface area (TPSA) is 90.6 Å². The molecule has 0 amide bonds. The Balaban J connectivity index is 2.63. The summed E-state index contributed by atoms with van der Waals surface area (Å²) in [6.07, 6.45) is 0.288. The molecule has 100 valence electrons. The van der Waals surface area contributed by atoms with Crippen LogP contribution in [0.3, 0.4) is 0 Å². The van der Waals surface area contributed by atoms with E-state index in [1.54, 1.807) is 24.9 Å². The molecule has 7 heteroatoms. The molecule has 1 heterocycles. The molecule has 0 radical (unpaired) electrons. The smallest absolute Gasteiger partial charge is 0.307 e. The minimum Gasteiger partial charge on any atom is -0.481 e. The number of ether oxygens (including phenoxy) is 2. The Morgan fingerprint density at radius 3 is 2.83 bits per heavy atom. The van der Waals surface area contributed by atoms with Gasteiger partial charge in [-0.05, 0) is 6.92 Å². The molecule has 0 fully saturated rings. The summed E-state index contributed by atoms with van der Waals surface area (Å²) in [5.74, 6) is 0.884. The number of aromatic nitrogens is 2. The molecule has 1 aromatic heterocycles. The van der Waals surface area contributed by atoms with Crippen LogP contribution in [0.4, 0.5) is 11.8 Å². The number of esters is 1. The lowest BCUT2D eigenvalue weighted by Crippen LogP contribution is -2.23. The first-order chi connectivity index (χ1) is 8.56. The highest BCUT2D eigenvalue weighted by Gasteiger charge is 2.09. The van der Waals surface area contributed by atoms with Gasteiger partial charge in [0, 0.05) is 19.7 Å². The number of hydrogen-bond acceptors (Lipinski definition) is 7. The second-order valence-electron chi connectivity index (χ2n) is 3.60. The number of hydrogen-bond donors (Lipinski definition) is 1. The number of carbonyl (C=O) groups is 1. The average Bonchev–Trinajstić information content (AvgIpc) is 2.35. The second kappa shape index (κ2) is 6.63. The number of anilines is 2. The number of nitrogen functional groups attached to an aromatic ring is 1. The molecule has 0 unspecified atom stereocenters. The van der Waals surface area contributed by atoms with Gasteiger partial charge in [-0.25, -0.2) is 0 Å². The van der Waals surface area contributed by atoms with E-state index in [0.29, 0.717) is 24.8 Å². The van der Waals surface area contributed by atoms with Crippen LogP contribution in [-0.2, 0) is 9.53 Å². The second-order valence-corrected chi connectivity index (χ2v) is 3.60. The number of nitrogens with zero attached hydrogens (tertiary/aromatic N) is 3. The Labute approximate surface area is 106 Å². The number of rotatable bonds is 6. The van der Waals surface area contributed by atoms with Gasteiger partial charge in [-0.3, -0.25) is 4.79 Å². The first-order valence-corrected chi connectivity index (χ1v) is 5.62. The van der Waals surface area contributed by atoms with Crippen LogP contribution in [0, 0.1) is 0 Å². The van der Waals surface area contributed by atoms with E-state index in [9.17, 15) is 4.79 Å². The lowest BCUT2D eigenvalue weighted by atomic mass is 10.4. The van der Waals surface area contributed by atoms with Crippen LogP contribution in [0.5, 0.6) is 5.88 Å². The zero-order valence-electron chi connectivity index (χ0n) is 10.8. The van der Waals surface area contributed by atoms with Gasteiger partial charge in [-0.15, -0.1) is 0 Å². The van der Waals surface area contributed by atoms with Gasteiger partial charge in [0.05, 0.1) is 20.1 Å². The summed E-state index contributed by atoms with van der Waals surface area (Å²) in [5.41, 5.74) is 5.56. The minimum absolute atomic E-state index is 0.132. The highest BCUT2D eigenvalue weighted by Crippen LogP contribution is 2.17. The van der Waals surface area contributed by atoms with Crippen LogP contribution in [-0.4, -0.2) is 43.2 Å². The Kier molecular flexibility index (Phi) is 5.16. The van der Waals surface area contributed by atoms with Crippen LogP contribution in [0.25, 0.3) is 0 Å². The lowest BCUT2D eigenvalue weighted by Gasteiger charge is -2.18. The van der Waals surface area contributed by atoms with E-state index in [1.165, 1.54) is 7.11 Å². The van der Waals surface area contributed by atoms with Gasteiger partial charge in [-0.2, -0.15) is 9.97 Å². The summed E-state index contributed by atoms with van der Waals surface area (Å²) in [7, 11) is 3.31.